The Morgan fingerprint density at radius 2 is 2.36 bits per heavy atom. The predicted octanol–water partition coefficient (Wildman–Crippen LogP) is 0.980. The molecule has 6 heteroatoms. The number of hydrogen-bond acceptors (Lipinski definition) is 4. The van der Waals surface area contributed by atoms with E-state index in [0.29, 0.717) is 16.2 Å². The first-order chi connectivity index (χ1) is 6.72. The normalized spacial score (nSPS) is 10.4. The van der Waals surface area contributed by atoms with Crippen LogP contribution in [0.15, 0.2) is 17.1 Å². The van der Waals surface area contributed by atoms with E-state index >= 15 is 0 Å². The number of pyridine rings is 1. The zero-order valence-corrected chi connectivity index (χ0v) is 8.00. The van der Waals surface area contributed by atoms with Gasteiger partial charge in [0.25, 0.3) is 5.88 Å². The highest BCUT2D eigenvalue weighted by molar-refractivity contribution is 6.34. The van der Waals surface area contributed by atoms with E-state index in [0.717, 1.165) is 0 Å². The number of methoxy groups -OCH3 is 1. The number of rotatable bonds is 1. The van der Waals surface area contributed by atoms with Gasteiger partial charge < -0.3 is 9.72 Å². The Morgan fingerprint density at radius 1 is 1.57 bits per heavy atom. The van der Waals surface area contributed by atoms with Crippen LogP contribution in [0.25, 0.3) is 11.2 Å². The fourth-order valence-corrected chi connectivity index (χ4v) is 1.27. The third-order valence-electron chi connectivity index (χ3n) is 1.71. The van der Waals surface area contributed by atoms with Crippen molar-refractivity contribution in [3.8, 4) is 5.88 Å². The molecule has 72 valence electrons. The van der Waals surface area contributed by atoms with Crippen LogP contribution < -0.4 is 10.3 Å². The zero-order chi connectivity index (χ0) is 10.1. The number of halogens is 1. The lowest BCUT2D eigenvalue weighted by Crippen LogP contribution is -2.12. The maximum atomic E-state index is 11.2. The molecular weight excluding hydrogens is 206 g/mol. The Balaban J connectivity index is 2.87. The van der Waals surface area contributed by atoms with Gasteiger partial charge in [-0.1, -0.05) is 11.6 Å². The van der Waals surface area contributed by atoms with Gasteiger partial charge in [0.2, 0.25) is 0 Å². The van der Waals surface area contributed by atoms with Gasteiger partial charge in [-0.3, -0.25) is 4.79 Å². The van der Waals surface area contributed by atoms with E-state index in [1.54, 1.807) is 6.07 Å². The topological polar surface area (TPSA) is 67.9 Å². The molecule has 0 radical (unpaired) electrons. The van der Waals surface area contributed by atoms with Crippen LogP contribution in [-0.2, 0) is 0 Å². The second-order valence-corrected chi connectivity index (χ2v) is 2.97. The van der Waals surface area contributed by atoms with Crippen molar-refractivity contribution in [2.24, 2.45) is 0 Å². The van der Waals surface area contributed by atoms with Gasteiger partial charge in [-0.25, -0.2) is 9.97 Å². The minimum absolute atomic E-state index is 0.0209. The molecule has 0 amide bonds. The van der Waals surface area contributed by atoms with Crippen LogP contribution in [-0.4, -0.2) is 22.1 Å². The average Bonchev–Trinajstić information content (AvgIpc) is 2.17. The molecule has 0 bridgehead atoms. The fourth-order valence-electron chi connectivity index (χ4n) is 1.08. The maximum absolute atomic E-state index is 11.2. The summed E-state index contributed by atoms with van der Waals surface area (Å²) in [5.41, 5.74) is 0.351. The number of hydrogen-bond donors (Lipinski definition) is 1. The minimum atomic E-state index is -0.422. The van der Waals surface area contributed by atoms with Crippen molar-refractivity contribution in [2.45, 2.75) is 0 Å². The molecular formula is C8H6ClN3O2. The number of nitrogens with zero attached hydrogens (tertiary/aromatic N) is 2. The highest BCUT2D eigenvalue weighted by Gasteiger charge is 2.07. The van der Waals surface area contributed by atoms with Crippen molar-refractivity contribution in [1.82, 2.24) is 15.0 Å². The molecule has 1 N–H and O–H groups in total. The summed E-state index contributed by atoms with van der Waals surface area (Å²) >= 11 is 5.86. The van der Waals surface area contributed by atoms with Crippen LogP contribution in [0.4, 0.5) is 0 Å². The third-order valence-corrected chi connectivity index (χ3v) is 2.01. The van der Waals surface area contributed by atoms with Gasteiger partial charge in [0.15, 0.2) is 5.65 Å². The summed E-state index contributed by atoms with van der Waals surface area (Å²) in [6.45, 7) is 0. The monoisotopic (exact) mass is 211 g/mol. The zero-order valence-electron chi connectivity index (χ0n) is 7.24. The first-order valence-corrected chi connectivity index (χ1v) is 4.18. The Hall–Kier alpha value is -1.62. The summed E-state index contributed by atoms with van der Waals surface area (Å²) in [5, 5.41) is 0.421. The van der Waals surface area contributed by atoms with Crippen LogP contribution in [0, 0.1) is 0 Å². The standard InChI is InChI=1S/C8H6ClN3O2/c1-14-8-7(13)12-6-5(11-8)4(9)2-3-10-6/h2-3H,1H3,(H,10,12,13). The molecule has 0 atom stereocenters. The van der Waals surface area contributed by atoms with Gasteiger partial charge in [0.05, 0.1) is 12.1 Å². The number of aromatic nitrogens is 3. The smallest absolute Gasteiger partial charge is 0.312 e. The SMILES string of the molecule is COc1nc2c(Cl)ccnc2[nH]c1=O. The molecule has 0 aliphatic carbocycles. The van der Waals surface area contributed by atoms with Crippen LogP contribution in [0.2, 0.25) is 5.02 Å². The molecule has 0 saturated heterocycles. The molecule has 2 heterocycles. The molecule has 0 spiro atoms. The lowest BCUT2D eigenvalue weighted by atomic mass is 10.4. The van der Waals surface area contributed by atoms with Gasteiger partial charge in [-0.2, -0.15) is 0 Å². The van der Waals surface area contributed by atoms with Gasteiger partial charge in [0, 0.05) is 6.20 Å². The summed E-state index contributed by atoms with van der Waals surface area (Å²) in [7, 11) is 1.37. The molecule has 0 saturated carbocycles. The Kier molecular flexibility index (Phi) is 2.09. The first kappa shape index (κ1) is 8.96. The van der Waals surface area contributed by atoms with Gasteiger partial charge >= 0.3 is 5.56 Å². The summed E-state index contributed by atoms with van der Waals surface area (Å²) in [5.74, 6) is -0.0209. The van der Waals surface area contributed by atoms with E-state index in [9.17, 15) is 4.79 Å². The lowest BCUT2D eigenvalue weighted by Gasteiger charge is -2.00. The fraction of sp³-hybridized carbons (Fsp3) is 0.125. The van der Waals surface area contributed by atoms with Gasteiger partial charge in [-0.15, -0.1) is 0 Å². The van der Waals surface area contributed by atoms with Crippen molar-refractivity contribution in [2.75, 3.05) is 7.11 Å². The van der Waals surface area contributed by atoms with Crippen LogP contribution in [0.1, 0.15) is 0 Å². The van der Waals surface area contributed by atoms with E-state index in [-0.39, 0.29) is 5.88 Å². The molecule has 14 heavy (non-hydrogen) atoms. The summed E-state index contributed by atoms with van der Waals surface area (Å²) < 4.78 is 4.77. The van der Waals surface area contributed by atoms with E-state index in [1.807, 2.05) is 0 Å². The first-order valence-electron chi connectivity index (χ1n) is 3.81. The van der Waals surface area contributed by atoms with E-state index in [4.69, 9.17) is 16.3 Å². The molecule has 0 aliphatic rings. The maximum Gasteiger partial charge on any atom is 0.312 e. The van der Waals surface area contributed by atoms with Crippen LogP contribution >= 0.6 is 11.6 Å². The predicted molar refractivity (Wildman–Crippen MR) is 51.7 cm³/mol. The highest BCUT2D eigenvalue weighted by atomic mass is 35.5. The molecule has 2 aromatic heterocycles. The number of fused-ring (bicyclic) bond motifs is 1. The summed E-state index contributed by atoms with van der Waals surface area (Å²) in [6, 6.07) is 1.59. The molecule has 5 nitrogen and oxygen atoms in total. The second kappa shape index (κ2) is 3.26. The van der Waals surface area contributed by atoms with Crippen molar-refractivity contribution < 1.29 is 4.74 Å². The van der Waals surface area contributed by atoms with Gasteiger partial charge in [-0.05, 0) is 6.07 Å². The number of nitrogens with one attached hydrogen (secondary N) is 1. The number of H-pyrrole nitrogens is 1. The van der Waals surface area contributed by atoms with Crippen molar-refractivity contribution in [3.63, 3.8) is 0 Å². The molecule has 0 fully saturated rings. The second-order valence-electron chi connectivity index (χ2n) is 2.57. The minimum Gasteiger partial charge on any atom is -0.477 e. The molecule has 0 unspecified atom stereocenters. The molecule has 2 aromatic rings. The highest BCUT2D eigenvalue weighted by Crippen LogP contribution is 2.17. The van der Waals surface area contributed by atoms with Gasteiger partial charge in [0.1, 0.15) is 5.52 Å². The van der Waals surface area contributed by atoms with E-state index in [2.05, 4.69) is 15.0 Å². The Bertz CT molecular complexity index is 538. The Labute approximate surface area is 83.7 Å². The summed E-state index contributed by atoms with van der Waals surface area (Å²) in [4.78, 5) is 21.6. The molecule has 0 aromatic carbocycles. The quantitative estimate of drug-likeness (QED) is 0.764. The Morgan fingerprint density at radius 3 is 3.07 bits per heavy atom. The average molecular weight is 212 g/mol. The third kappa shape index (κ3) is 1.31. The van der Waals surface area contributed by atoms with Crippen molar-refractivity contribution in [1.29, 1.82) is 0 Å². The van der Waals surface area contributed by atoms with Crippen molar-refractivity contribution >= 4 is 22.8 Å². The lowest BCUT2D eigenvalue weighted by molar-refractivity contribution is 0.393. The van der Waals surface area contributed by atoms with E-state index in [1.165, 1.54) is 13.3 Å². The van der Waals surface area contributed by atoms with Crippen LogP contribution in [0.5, 0.6) is 5.88 Å². The number of ether oxygens (including phenoxy) is 1. The van der Waals surface area contributed by atoms with Crippen molar-refractivity contribution in [3.05, 3.63) is 27.6 Å². The summed E-state index contributed by atoms with van der Waals surface area (Å²) in [6.07, 6.45) is 1.49. The molecule has 2 rings (SSSR count). The van der Waals surface area contributed by atoms with Crippen LogP contribution in [0.3, 0.4) is 0 Å². The molecule has 0 aliphatic heterocycles. The largest absolute Gasteiger partial charge is 0.477 e. The number of aromatic amines is 1. The van der Waals surface area contributed by atoms with E-state index < -0.39 is 5.56 Å².